The number of carbonyl (C=O) groups is 1. The number of hydrogen-bond acceptors (Lipinski definition) is 3. The number of benzene rings is 1. The molecule has 1 heterocycles. The Labute approximate surface area is 106 Å². The van der Waals surface area contributed by atoms with E-state index >= 15 is 0 Å². The lowest BCUT2D eigenvalue weighted by Gasteiger charge is -2.11. The normalized spacial score (nSPS) is 10.8. The zero-order chi connectivity index (χ0) is 13.0. The summed E-state index contributed by atoms with van der Waals surface area (Å²) in [5.74, 6) is 0.229. The van der Waals surface area contributed by atoms with Gasteiger partial charge in [0.2, 0.25) is 5.78 Å². The van der Waals surface area contributed by atoms with Crippen molar-refractivity contribution in [3.05, 3.63) is 60.1 Å². The Balaban J connectivity index is 2.07. The van der Waals surface area contributed by atoms with Crippen LogP contribution in [0.15, 0.2) is 53.2 Å². The molecule has 0 radical (unpaired) electrons. The standard InChI is InChI=1S/C15H15NO2/c1-16(2)13-8-5-12(6-9-13)7-10-14(17)15-4-3-11-18-15/h3-11H,1-2H3/b10-7-. The van der Waals surface area contributed by atoms with Crippen LogP contribution in [0.25, 0.3) is 6.08 Å². The van der Waals surface area contributed by atoms with E-state index in [-0.39, 0.29) is 5.78 Å². The topological polar surface area (TPSA) is 33.5 Å². The minimum atomic E-state index is -0.128. The van der Waals surface area contributed by atoms with E-state index < -0.39 is 0 Å². The average Bonchev–Trinajstić information content (AvgIpc) is 2.90. The Hall–Kier alpha value is -2.29. The molecule has 0 saturated carbocycles. The number of allylic oxidation sites excluding steroid dienone is 1. The van der Waals surface area contributed by atoms with Crippen LogP contribution in [-0.4, -0.2) is 19.9 Å². The molecule has 3 nitrogen and oxygen atoms in total. The summed E-state index contributed by atoms with van der Waals surface area (Å²) in [4.78, 5) is 13.7. The molecule has 2 rings (SSSR count). The molecule has 0 bridgehead atoms. The molecule has 0 amide bonds. The molecule has 1 aromatic heterocycles. The van der Waals surface area contributed by atoms with Crippen LogP contribution in [0.1, 0.15) is 16.1 Å². The van der Waals surface area contributed by atoms with Gasteiger partial charge in [-0.15, -0.1) is 0 Å². The van der Waals surface area contributed by atoms with Crippen molar-refractivity contribution in [3.63, 3.8) is 0 Å². The van der Waals surface area contributed by atoms with Crippen LogP contribution in [0, 0.1) is 0 Å². The number of carbonyl (C=O) groups excluding carboxylic acids is 1. The number of ketones is 1. The van der Waals surface area contributed by atoms with E-state index in [1.807, 2.05) is 43.3 Å². The van der Waals surface area contributed by atoms with Crippen molar-refractivity contribution in [2.75, 3.05) is 19.0 Å². The maximum atomic E-state index is 11.7. The molecule has 0 aliphatic carbocycles. The van der Waals surface area contributed by atoms with Gasteiger partial charge in [-0.3, -0.25) is 4.79 Å². The van der Waals surface area contributed by atoms with Crippen molar-refractivity contribution in [2.24, 2.45) is 0 Å². The summed E-state index contributed by atoms with van der Waals surface area (Å²) < 4.78 is 5.03. The van der Waals surface area contributed by atoms with E-state index in [1.165, 1.54) is 12.3 Å². The molecular weight excluding hydrogens is 226 g/mol. The summed E-state index contributed by atoms with van der Waals surface area (Å²) in [7, 11) is 3.98. The quantitative estimate of drug-likeness (QED) is 0.608. The van der Waals surface area contributed by atoms with Gasteiger partial charge in [-0.05, 0) is 35.9 Å². The first kappa shape index (κ1) is 12.2. The Morgan fingerprint density at radius 1 is 1.17 bits per heavy atom. The van der Waals surface area contributed by atoms with Crippen molar-refractivity contribution in [1.82, 2.24) is 0 Å². The van der Waals surface area contributed by atoms with Crippen LogP contribution in [0.2, 0.25) is 0 Å². The molecule has 0 spiro atoms. The number of anilines is 1. The first-order valence-corrected chi connectivity index (χ1v) is 5.70. The van der Waals surface area contributed by atoms with Crippen LogP contribution < -0.4 is 4.90 Å². The minimum Gasteiger partial charge on any atom is -0.461 e. The Morgan fingerprint density at radius 3 is 2.44 bits per heavy atom. The van der Waals surface area contributed by atoms with Gasteiger partial charge in [0.25, 0.3) is 0 Å². The maximum Gasteiger partial charge on any atom is 0.221 e. The summed E-state index contributed by atoms with van der Waals surface area (Å²) in [5, 5.41) is 0. The smallest absolute Gasteiger partial charge is 0.221 e. The van der Waals surface area contributed by atoms with Crippen molar-refractivity contribution < 1.29 is 9.21 Å². The second-order valence-electron chi connectivity index (χ2n) is 4.16. The van der Waals surface area contributed by atoms with Gasteiger partial charge in [-0.1, -0.05) is 18.2 Å². The highest BCUT2D eigenvalue weighted by Gasteiger charge is 2.03. The van der Waals surface area contributed by atoms with Gasteiger partial charge in [0.15, 0.2) is 5.76 Å². The number of nitrogens with zero attached hydrogens (tertiary/aromatic N) is 1. The summed E-state index contributed by atoms with van der Waals surface area (Å²) in [6.45, 7) is 0. The molecule has 0 saturated heterocycles. The fourth-order valence-electron chi connectivity index (χ4n) is 1.56. The molecule has 0 atom stereocenters. The van der Waals surface area contributed by atoms with Gasteiger partial charge >= 0.3 is 0 Å². The third-order valence-electron chi connectivity index (χ3n) is 2.60. The first-order chi connectivity index (χ1) is 8.66. The van der Waals surface area contributed by atoms with E-state index in [9.17, 15) is 4.79 Å². The lowest BCUT2D eigenvalue weighted by molar-refractivity contribution is 0.102. The van der Waals surface area contributed by atoms with Crippen LogP contribution in [0.3, 0.4) is 0 Å². The summed E-state index contributed by atoms with van der Waals surface area (Å²) in [6.07, 6.45) is 4.79. The number of rotatable bonds is 4. The largest absolute Gasteiger partial charge is 0.461 e. The third-order valence-corrected chi connectivity index (χ3v) is 2.60. The molecule has 1 aromatic carbocycles. The van der Waals surface area contributed by atoms with Gasteiger partial charge in [0.05, 0.1) is 6.26 Å². The maximum absolute atomic E-state index is 11.7. The van der Waals surface area contributed by atoms with E-state index in [1.54, 1.807) is 18.2 Å². The molecule has 92 valence electrons. The Kier molecular flexibility index (Phi) is 3.63. The zero-order valence-electron chi connectivity index (χ0n) is 10.5. The van der Waals surface area contributed by atoms with Gasteiger partial charge in [0.1, 0.15) is 0 Å². The lowest BCUT2D eigenvalue weighted by atomic mass is 10.1. The predicted octanol–water partition coefficient (Wildman–Crippen LogP) is 3.24. The summed E-state index contributed by atoms with van der Waals surface area (Å²) >= 11 is 0. The summed E-state index contributed by atoms with van der Waals surface area (Å²) in [6, 6.07) is 11.3. The molecule has 0 aliphatic rings. The highest BCUT2D eigenvalue weighted by molar-refractivity contribution is 6.04. The van der Waals surface area contributed by atoms with Gasteiger partial charge in [0, 0.05) is 19.8 Å². The second-order valence-corrected chi connectivity index (χ2v) is 4.16. The van der Waals surface area contributed by atoms with E-state index in [0.29, 0.717) is 5.76 Å². The summed E-state index contributed by atoms with van der Waals surface area (Å²) in [5.41, 5.74) is 2.12. The highest BCUT2D eigenvalue weighted by Crippen LogP contribution is 2.13. The molecule has 0 N–H and O–H groups in total. The molecular formula is C15H15NO2. The molecule has 0 aliphatic heterocycles. The van der Waals surface area contributed by atoms with Crippen molar-refractivity contribution >= 4 is 17.5 Å². The molecule has 3 heteroatoms. The van der Waals surface area contributed by atoms with Crippen LogP contribution in [-0.2, 0) is 0 Å². The molecule has 0 unspecified atom stereocenters. The Morgan fingerprint density at radius 2 is 1.89 bits per heavy atom. The lowest BCUT2D eigenvalue weighted by Crippen LogP contribution is -2.07. The molecule has 18 heavy (non-hydrogen) atoms. The predicted molar refractivity (Wildman–Crippen MR) is 72.8 cm³/mol. The third kappa shape index (κ3) is 2.88. The molecule has 0 fully saturated rings. The minimum absolute atomic E-state index is 0.128. The Bertz CT molecular complexity index is 536. The first-order valence-electron chi connectivity index (χ1n) is 5.70. The highest BCUT2D eigenvalue weighted by atomic mass is 16.3. The molecule has 2 aromatic rings. The van der Waals surface area contributed by atoms with Crippen LogP contribution in [0.4, 0.5) is 5.69 Å². The van der Waals surface area contributed by atoms with Gasteiger partial charge in [-0.2, -0.15) is 0 Å². The van der Waals surface area contributed by atoms with Crippen molar-refractivity contribution in [3.8, 4) is 0 Å². The number of hydrogen-bond donors (Lipinski definition) is 0. The van der Waals surface area contributed by atoms with Gasteiger partial charge in [-0.25, -0.2) is 0 Å². The van der Waals surface area contributed by atoms with E-state index in [2.05, 4.69) is 0 Å². The van der Waals surface area contributed by atoms with Crippen LogP contribution in [0.5, 0.6) is 0 Å². The fourth-order valence-corrected chi connectivity index (χ4v) is 1.56. The van der Waals surface area contributed by atoms with Crippen molar-refractivity contribution in [2.45, 2.75) is 0 Å². The number of furan rings is 1. The second kappa shape index (κ2) is 5.36. The van der Waals surface area contributed by atoms with Crippen molar-refractivity contribution in [1.29, 1.82) is 0 Å². The monoisotopic (exact) mass is 241 g/mol. The SMILES string of the molecule is CN(C)c1ccc(/C=C\C(=O)c2ccco2)cc1. The average molecular weight is 241 g/mol. The van der Waals surface area contributed by atoms with E-state index in [0.717, 1.165) is 11.3 Å². The van der Waals surface area contributed by atoms with Crippen LogP contribution >= 0.6 is 0 Å². The van der Waals surface area contributed by atoms with Gasteiger partial charge < -0.3 is 9.32 Å². The fraction of sp³-hybridized carbons (Fsp3) is 0.133. The van der Waals surface area contributed by atoms with E-state index in [4.69, 9.17) is 4.42 Å². The zero-order valence-corrected chi connectivity index (χ0v) is 10.5.